The van der Waals surface area contributed by atoms with Crippen molar-refractivity contribution in [2.24, 2.45) is 0 Å². The second-order valence-electron chi connectivity index (χ2n) is 6.01. The normalized spacial score (nSPS) is 30.3. The molecule has 1 N–H and O–H groups in total. The van der Waals surface area contributed by atoms with Crippen molar-refractivity contribution < 1.29 is 4.79 Å². The Kier molecular flexibility index (Phi) is 5.22. The van der Waals surface area contributed by atoms with Gasteiger partial charge in [-0.1, -0.05) is 20.3 Å². The second-order valence-corrected chi connectivity index (χ2v) is 6.01. The smallest absolute Gasteiger partial charge is 0.241 e. The summed E-state index contributed by atoms with van der Waals surface area (Å²) in [5, 5.41) is 3.50. The van der Waals surface area contributed by atoms with Gasteiger partial charge in [0.2, 0.25) is 5.91 Å². The Labute approximate surface area is 117 Å². The fourth-order valence-corrected chi connectivity index (χ4v) is 3.35. The summed E-state index contributed by atoms with van der Waals surface area (Å²) in [6, 6.07) is 0.533. The minimum atomic E-state index is 0.0438. The molecule has 0 aromatic heterocycles. The van der Waals surface area contributed by atoms with E-state index in [1.54, 1.807) is 0 Å². The lowest BCUT2D eigenvalue weighted by Crippen LogP contribution is -2.46. The van der Waals surface area contributed by atoms with Crippen LogP contribution in [0.3, 0.4) is 0 Å². The standard InChI is InChI=1S/C15H29N3O/c1-4-8-14-16-13(5-2)15(19)18(14)11-12(3)17-9-6-7-10-17/h12-14,16H,4-11H2,1-3H3. The Morgan fingerprint density at radius 2 is 2.00 bits per heavy atom. The Bertz CT molecular complexity index is 302. The highest BCUT2D eigenvalue weighted by Crippen LogP contribution is 2.20. The van der Waals surface area contributed by atoms with Gasteiger partial charge in [-0.3, -0.25) is 15.0 Å². The average Bonchev–Trinajstić information content (AvgIpc) is 3.02. The third-order valence-corrected chi connectivity index (χ3v) is 4.55. The fourth-order valence-electron chi connectivity index (χ4n) is 3.35. The summed E-state index contributed by atoms with van der Waals surface area (Å²) < 4.78 is 0. The molecule has 2 heterocycles. The third kappa shape index (κ3) is 3.29. The number of amides is 1. The van der Waals surface area contributed by atoms with Gasteiger partial charge in [0.15, 0.2) is 0 Å². The summed E-state index contributed by atoms with van der Waals surface area (Å²) in [5.41, 5.74) is 0. The van der Waals surface area contributed by atoms with Gasteiger partial charge in [0.1, 0.15) is 0 Å². The van der Waals surface area contributed by atoms with E-state index in [1.165, 1.54) is 25.9 Å². The molecule has 2 saturated heterocycles. The lowest BCUT2D eigenvalue weighted by atomic mass is 10.2. The first-order valence-corrected chi connectivity index (χ1v) is 7.98. The van der Waals surface area contributed by atoms with Crippen molar-refractivity contribution in [1.29, 1.82) is 0 Å². The van der Waals surface area contributed by atoms with Gasteiger partial charge >= 0.3 is 0 Å². The van der Waals surface area contributed by atoms with Crippen LogP contribution in [0, 0.1) is 0 Å². The van der Waals surface area contributed by atoms with Crippen molar-refractivity contribution in [3.8, 4) is 0 Å². The number of hydrogen-bond donors (Lipinski definition) is 1. The lowest BCUT2D eigenvalue weighted by molar-refractivity contribution is -0.130. The van der Waals surface area contributed by atoms with Crippen LogP contribution in [0.15, 0.2) is 0 Å². The zero-order valence-corrected chi connectivity index (χ0v) is 12.7. The van der Waals surface area contributed by atoms with Crippen molar-refractivity contribution in [1.82, 2.24) is 15.1 Å². The van der Waals surface area contributed by atoms with Gasteiger partial charge < -0.3 is 4.90 Å². The number of hydrogen-bond acceptors (Lipinski definition) is 3. The van der Waals surface area contributed by atoms with Crippen LogP contribution in [0.1, 0.15) is 52.9 Å². The van der Waals surface area contributed by atoms with Gasteiger partial charge in [0.25, 0.3) is 0 Å². The first kappa shape index (κ1) is 14.8. The van der Waals surface area contributed by atoms with E-state index in [0.717, 1.165) is 25.8 Å². The maximum atomic E-state index is 12.4. The average molecular weight is 267 g/mol. The molecule has 2 fully saturated rings. The number of carbonyl (C=O) groups is 1. The second kappa shape index (κ2) is 6.71. The Hall–Kier alpha value is -0.610. The van der Waals surface area contributed by atoms with Gasteiger partial charge in [-0.05, 0) is 45.7 Å². The van der Waals surface area contributed by atoms with Crippen molar-refractivity contribution in [2.45, 2.75) is 71.1 Å². The van der Waals surface area contributed by atoms with Gasteiger partial charge in [0.05, 0.1) is 12.2 Å². The Morgan fingerprint density at radius 3 is 2.58 bits per heavy atom. The maximum Gasteiger partial charge on any atom is 0.241 e. The summed E-state index contributed by atoms with van der Waals surface area (Å²) in [6.07, 6.45) is 5.96. The summed E-state index contributed by atoms with van der Waals surface area (Å²) in [4.78, 5) is 17.0. The van der Waals surface area contributed by atoms with Gasteiger partial charge in [-0.2, -0.15) is 0 Å². The van der Waals surface area contributed by atoms with Crippen molar-refractivity contribution in [3.63, 3.8) is 0 Å². The molecule has 2 rings (SSSR count). The lowest BCUT2D eigenvalue weighted by Gasteiger charge is -2.31. The largest absolute Gasteiger partial charge is 0.324 e. The van der Waals surface area contributed by atoms with Gasteiger partial charge in [-0.15, -0.1) is 0 Å². The van der Waals surface area contributed by atoms with E-state index >= 15 is 0 Å². The molecule has 4 nitrogen and oxygen atoms in total. The quantitative estimate of drug-likeness (QED) is 0.797. The van der Waals surface area contributed by atoms with Crippen LogP contribution in [0.2, 0.25) is 0 Å². The first-order valence-electron chi connectivity index (χ1n) is 7.98. The van der Waals surface area contributed by atoms with Crippen LogP contribution >= 0.6 is 0 Å². The maximum absolute atomic E-state index is 12.4. The molecule has 110 valence electrons. The molecule has 0 aromatic carbocycles. The van der Waals surface area contributed by atoms with E-state index in [1.807, 2.05) is 0 Å². The molecule has 2 aliphatic rings. The molecule has 3 atom stereocenters. The molecular formula is C15H29N3O. The monoisotopic (exact) mass is 267 g/mol. The first-order chi connectivity index (χ1) is 9.17. The van der Waals surface area contributed by atoms with Crippen LogP contribution in [-0.4, -0.2) is 53.6 Å². The number of nitrogens with zero attached hydrogens (tertiary/aromatic N) is 2. The zero-order chi connectivity index (χ0) is 13.8. The summed E-state index contributed by atoms with van der Waals surface area (Å²) in [6.45, 7) is 9.83. The SMILES string of the molecule is CCCC1NC(CC)C(=O)N1CC(C)N1CCCC1. The van der Waals surface area contributed by atoms with E-state index in [-0.39, 0.29) is 12.2 Å². The molecule has 0 saturated carbocycles. The molecule has 2 aliphatic heterocycles. The number of likely N-dealkylation sites (tertiary alicyclic amines) is 1. The van der Waals surface area contributed by atoms with Crippen LogP contribution < -0.4 is 5.32 Å². The molecule has 1 amide bonds. The van der Waals surface area contributed by atoms with E-state index in [2.05, 4.69) is 35.9 Å². The minimum Gasteiger partial charge on any atom is -0.324 e. The highest BCUT2D eigenvalue weighted by Gasteiger charge is 2.38. The van der Waals surface area contributed by atoms with Crippen LogP contribution in [-0.2, 0) is 4.79 Å². The van der Waals surface area contributed by atoms with Gasteiger partial charge in [-0.25, -0.2) is 0 Å². The van der Waals surface area contributed by atoms with Crippen molar-refractivity contribution in [3.05, 3.63) is 0 Å². The van der Waals surface area contributed by atoms with Crippen LogP contribution in [0.5, 0.6) is 0 Å². The predicted octanol–water partition coefficient (Wildman–Crippen LogP) is 1.81. The predicted molar refractivity (Wildman–Crippen MR) is 77.9 cm³/mol. The number of carbonyl (C=O) groups excluding carboxylic acids is 1. The van der Waals surface area contributed by atoms with Crippen LogP contribution in [0.25, 0.3) is 0 Å². The fraction of sp³-hybridized carbons (Fsp3) is 0.933. The van der Waals surface area contributed by atoms with Crippen LogP contribution in [0.4, 0.5) is 0 Å². The zero-order valence-electron chi connectivity index (χ0n) is 12.7. The highest BCUT2D eigenvalue weighted by molar-refractivity contribution is 5.84. The molecular weight excluding hydrogens is 238 g/mol. The molecule has 4 heteroatoms. The summed E-state index contributed by atoms with van der Waals surface area (Å²) in [5.74, 6) is 0.312. The highest BCUT2D eigenvalue weighted by atomic mass is 16.2. The topological polar surface area (TPSA) is 35.6 Å². The van der Waals surface area contributed by atoms with Crippen molar-refractivity contribution >= 4 is 5.91 Å². The van der Waals surface area contributed by atoms with Crippen molar-refractivity contribution in [2.75, 3.05) is 19.6 Å². The molecule has 19 heavy (non-hydrogen) atoms. The van der Waals surface area contributed by atoms with E-state index in [9.17, 15) is 4.79 Å². The molecule has 0 bridgehead atoms. The van der Waals surface area contributed by atoms with E-state index in [4.69, 9.17) is 0 Å². The summed E-state index contributed by atoms with van der Waals surface area (Å²) in [7, 11) is 0. The Balaban J connectivity index is 1.96. The molecule has 0 aliphatic carbocycles. The third-order valence-electron chi connectivity index (χ3n) is 4.55. The molecule has 0 spiro atoms. The Morgan fingerprint density at radius 1 is 1.32 bits per heavy atom. The molecule has 3 unspecified atom stereocenters. The minimum absolute atomic E-state index is 0.0438. The summed E-state index contributed by atoms with van der Waals surface area (Å²) >= 11 is 0. The van der Waals surface area contributed by atoms with Gasteiger partial charge in [0, 0.05) is 12.6 Å². The number of nitrogens with one attached hydrogen (secondary N) is 1. The number of rotatable bonds is 6. The molecule has 0 radical (unpaired) electrons. The van der Waals surface area contributed by atoms with E-state index in [0.29, 0.717) is 11.9 Å². The molecule has 0 aromatic rings. The van der Waals surface area contributed by atoms with E-state index < -0.39 is 0 Å².